The number of benzene rings is 2. The molecule has 3 rings (SSSR count). The number of nitrogens with one attached hydrogen (secondary N) is 1. The maximum atomic E-state index is 12.1. The van der Waals surface area contributed by atoms with Gasteiger partial charge in [0, 0.05) is 23.6 Å². The number of ether oxygens (including phenoxy) is 1. The lowest BCUT2D eigenvalue weighted by atomic mass is 10.1. The lowest BCUT2D eigenvalue weighted by Crippen LogP contribution is -2.38. The van der Waals surface area contributed by atoms with Crippen LogP contribution in [0.3, 0.4) is 0 Å². The first-order valence-electron chi connectivity index (χ1n) is 7.44. The molecule has 4 heteroatoms. The zero-order chi connectivity index (χ0) is 15.4. The molecule has 22 heavy (non-hydrogen) atoms. The molecule has 1 heterocycles. The lowest BCUT2D eigenvalue weighted by molar-refractivity contribution is -0.127. The largest absolute Gasteiger partial charge is 0.480 e. The molecule has 1 atom stereocenters. The number of hydrogen-bond donors (Lipinski definition) is 1. The van der Waals surface area contributed by atoms with Crippen LogP contribution >= 0.6 is 11.8 Å². The van der Waals surface area contributed by atoms with Crippen molar-refractivity contribution < 1.29 is 9.53 Å². The van der Waals surface area contributed by atoms with E-state index < -0.39 is 0 Å². The Bertz CT molecular complexity index is 629. The van der Waals surface area contributed by atoms with E-state index in [1.54, 1.807) is 11.8 Å². The van der Waals surface area contributed by atoms with Gasteiger partial charge in [-0.2, -0.15) is 0 Å². The van der Waals surface area contributed by atoms with Crippen molar-refractivity contribution in [3.63, 3.8) is 0 Å². The van der Waals surface area contributed by atoms with Crippen molar-refractivity contribution in [1.29, 1.82) is 0 Å². The van der Waals surface area contributed by atoms with E-state index in [4.69, 9.17) is 4.74 Å². The molecule has 1 N–H and O–H groups in total. The summed E-state index contributed by atoms with van der Waals surface area (Å²) < 4.78 is 5.68. The van der Waals surface area contributed by atoms with Gasteiger partial charge in [0.25, 0.3) is 5.91 Å². The Kier molecular flexibility index (Phi) is 4.68. The second-order valence-corrected chi connectivity index (χ2v) is 6.54. The maximum Gasteiger partial charge on any atom is 0.261 e. The second kappa shape index (κ2) is 6.88. The number of thioether (sulfide) groups is 1. The highest BCUT2D eigenvalue weighted by Crippen LogP contribution is 2.28. The van der Waals surface area contributed by atoms with E-state index in [1.807, 2.05) is 24.3 Å². The Balaban J connectivity index is 1.41. The van der Waals surface area contributed by atoms with Crippen LogP contribution in [0.25, 0.3) is 0 Å². The third-order valence-electron chi connectivity index (χ3n) is 3.63. The molecule has 0 fully saturated rings. The van der Waals surface area contributed by atoms with Crippen LogP contribution in [-0.4, -0.2) is 24.3 Å². The van der Waals surface area contributed by atoms with Crippen molar-refractivity contribution in [3.05, 3.63) is 59.7 Å². The summed E-state index contributed by atoms with van der Waals surface area (Å²) in [5.74, 6) is 1.66. The van der Waals surface area contributed by atoms with Gasteiger partial charge in [0.2, 0.25) is 0 Å². The molecule has 1 amide bonds. The molecule has 114 valence electrons. The molecular formula is C18H19NO2S. The van der Waals surface area contributed by atoms with Crippen LogP contribution in [0.2, 0.25) is 0 Å². The van der Waals surface area contributed by atoms with Gasteiger partial charge in [-0.25, -0.2) is 0 Å². The average molecular weight is 313 g/mol. The molecule has 0 aliphatic carbocycles. The van der Waals surface area contributed by atoms with Crippen LogP contribution in [0, 0.1) is 6.92 Å². The molecule has 0 saturated carbocycles. The zero-order valence-corrected chi connectivity index (χ0v) is 13.4. The summed E-state index contributed by atoms with van der Waals surface area (Å²) in [6.45, 7) is 2.72. The summed E-state index contributed by atoms with van der Waals surface area (Å²) in [4.78, 5) is 13.4. The SMILES string of the molecule is Cc1ccc(SCCNC(=O)C2Cc3ccccc3O2)cc1. The Hall–Kier alpha value is -1.94. The van der Waals surface area contributed by atoms with Gasteiger partial charge in [-0.3, -0.25) is 4.79 Å². The third kappa shape index (κ3) is 3.63. The topological polar surface area (TPSA) is 38.3 Å². The molecule has 0 spiro atoms. The predicted molar refractivity (Wildman–Crippen MR) is 89.5 cm³/mol. The first-order valence-corrected chi connectivity index (χ1v) is 8.43. The lowest BCUT2D eigenvalue weighted by Gasteiger charge is -2.11. The van der Waals surface area contributed by atoms with Gasteiger partial charge >= 0.3 is 0 Å². The first-order chi connectivity index (χ1) is 10.7. The summed E-state index contributed by atoms with van der Waals surface area (Å²) in [6.07, 6.45) is 0.273. The number of amides is 1. The Morgan fingerprint density at radius 1 is 1.23 bits per heavy atom. The third-order valence-corrected chi connectivity index (χ3v) is 4.64. The van der Waals surface area contributed by atoms with Gasteiger partial charge in [0.1, 0.15) is 5.75 Å². The summed E-state index contributed by atoms with van der Waals surface area (Å²) >= 11 is 1.75. The molecule has 1 unspecified atom stereocenters. The molecular weight excluding hydrogens is 294 g/mol. The normalized spacial score (nSPS) is 16.0. The van der Waals surface area contributed by atoms with Gasteiger partial charge < -0.3 is 10.1 Å². The standard InChI is InChI=1S/C18H19NO2S/c1-13-6-8-15(9-7-13)22-11-10-19-18(20)17-12-14-4-2-3-5-16(14)21-17/h2-9,17H,10-12H2,1H3,(H,19,20). The van der Waals surface area contributed by atoms with Gasteiger partial charge in [-0.15, -0.1) is 11.8 Å². The summed E-state index contributed by atoms with van der Waals surface area (Å²) in [5.41, 5.74) is 2.37. The Morgan fingerprint density at radius 2 is 2.00 bits per heavy atom. The minimum atomic E-state index is -0.387. The van der Waals surface area contributed by atoms with E-state index in [1.165, 1.54) is 10.5 Å². The summed E-state index contributed by atoms with van der Waals surface area (Å²) in [5, 5.41) is 2.96. The molecule has 2 aromatic rings. The highest BCUT2D eigenvalue weighted by atomic mass is 32.2. The van der Waals surface area contributed by atoms with E-state index in [-0.39, 0.29) is 12.0 Å². The number of para-hydroxylation sites is 1. The van der Waals surface area contributed by atoms with E-state index in [0.717, 1.165) is 17.1 Å². The van der Waals surface area contributed by atoms with Crippen molar-refractivity contribution >= 4 is 17.7 Å². The molecule has 0 bridgehead atoms. The first kappa shape index (κ1) is 15.0. The van der Waals surface area contributed by atoms with Crippen molar-refractivity contribution in [2.45, 2.75) is 24.3 Å². The Labute approximate surface area is 135 Å². The number of hydrogen-bond acceptors (Lipinski definition) is 3. The van der Waals surface area contributed by atoms with Crippen LogP contribution in [0.4, 0.5) is 0 Å². The summed E-state index contributed by atoms with van der Waals surface area (Å²) in [6, 6.07) is 16.2. The molecule has 0 radical (unpaired) electrons. The van der Waals surface area contributed by atoms with Gasteiger partial charge in [0.05, 0.1) is 0 Å². The quantitative estimate of drug-likeness (QED) is 0.680. The highest BCUT2D eigenvalue weighted by molar-refractivity contribution is 7.99. The van der Waals surface area contributed by atoms with Crippen LogP contribution in [-0.2, 0) is 11.2 Å². The minimum absolute atomic E-state index is 0.0271. The van der Waals surface area contributed by atoms with E-state index >= 15 is 0 Å². The van der Waals surface area contributed by atoms with Crippen LogP contribution < -0.4 is 10.1 Å². The van der Waals surface area contributed by atoms with E-state index in [2.05, 4.69) is 36.5 Å². The predicted octanol–water partition coefficient (Wildman–Crippen LogP) is 3.21. The fourth-order valence-electron chi connectivity index (χ4n) is 2.42. The maximum absolute atomic E-state index is 12.1. The minimum Gasteiger partial charge on any atom is -0.480 e. The summed E-state index contributed by atoms with van der Waals surface area (Å²) in [7, 11) is 0. The molecule has 1 aliphatic rings. The van der Waals surface area contributed by atoms with Gasteiger partial charge in [-0.05, 0) is 30.7 Å². The molecule has 2 aromatic carbocycles. The van der Waals surface area contributed by atoms with Crippen LogP contribution in [0.1, 0.15) is 11.1 Å². The number of aryl methyl sites for hydroxylation is 1. The number of rotatable bonds is 5. The Morgan fingerprint density at radius 3 is 2.77 bits per heavy atom. The smallest absolute Gasteiger partial charge is 0.261 e. The fourth-order valence-corrected chi connectivity index (χ4v) is 3.19. The van der Waals surface area contributed by atoms with Crippen molar-refractivity contribution in [1.82, 2.24) is 5.32 Å². The van der Waals surface area contributed by atoms with E-state index in [0.29, 0.717) is 13.0 Å². The molecule has 1 aliphatic heterocycles. The van der Waals surface area contributed by atoms with Crippen LogP contribution in [0.15, 0.2) is 53.4 Å². The second-order valence-electron chi connectivity index (χ2n) is 5.37. The van der Waals surface area contributed by atoms with Crippen molar-refractivity contribution in [2.75, 3.05) is 12.3 Å². The zero-order valence-electron chi connectivity index (χ0n) is 12.5. The van der Waals surface area contributed by atoms with E-state index in [9.17, 15) is 4.79 Å². The molecule has 0 saturated heterocycles. The van der Waals surface area contributed by atoms with Crippen molar-refractivity contribution in [2.24, 2.45) is 0 Å². The fraction of sp³-hybridized carbons (Fsp3) is 0.278. The van der Waals surface area contributed by atoms with Crippen LogP contribution in [0.5, 0.6) is 5.75 Å². The van der Waals surface area contributed by atoms with Crippen molar-refractivity contribution in [3.8, 4) is 5.75 Å². The number of carbonyl (C=O) groups is 1. The molecule has 3 nitrogen and oxygen atoms in total. The van der Waals surface area contributed by atoms with Gasteiger partial charge in [-0.1, -0.05) is 35.9 Å². The number of carbonyl (C=O) groups excluding carboxylic acids is 1. The molecule has 0 aromatic heterocycles. The monoisotopic (exact) mass is 313 g/mol. The van der Waals surface area contributed by atoms with Gasteiger partial charge in [0.15, 0.2) is 6.10 Å². The number of fused-ring (bicyclic) bond motifs is 1. The average Bonchev–Trinajstić information content (AvgIpc) is 2.97. The highest BCUT2D eigenvalue weighted by Gasteiger charge is 2.28.